The van der Waals surface area contributed by atoms with Crippen LogP contribution in [0.25, 0.3) is 0 Å². The second-order valence-electron chi connectivity index (χ2n) is 7.40. The molecule has 2 heteroatoms. The fourth-order valence-electron chi connectivity index (χ4n) is 2.86. The average Bonchev–Trinajstić information content (AvgIpc) is 2.29. The molecule has 0 aromatic heterocycles. The SMILES string of the molecule is CCCC1(CNCC(C)C(C)(C)C)CCNCC1. The summed E-state index contributed by atoms with van der Waals surface area (Å²) >= 11 is 0. The fourth-order valence-corrected chi connectivity index (χ4v) is 2.86. The largest absolute Gasteiger partial charge is 0.317 e. The Kier molecular flexibility index (Phi) is 6.13. The first kappa shape index (κ1) is 16.0. The lowest BCUT2D eigenvalue weighted by molar-refractivity contribution is 0.165. The maximum absolute atomic E-state index is 3.76. The predicted octanol–water partition coefficient (Wildman–Crippen LogP) is 3.43. The lowest BCUT2D eigenvalue weighted by Gasteiger charge is -2.39. The summed E-state index contributed by atoms with van der Waals surface area (Å²) in [7, 11) is 0. The van der Waals surface area contributed by atoms with Crippen LogP contribution in [0.1, 0.15) is 60.3 Å². The van der Waals surface area contributed by atoms with Gasteiger partial charge in [-0.15, -0.1) is 0 Å². The van der Waals surface area contributed by atoms with Gasteiger partial charge in [0, 0.05) is 6.54 Å². The molecule has 0 spiro atoms. The smallest absolute Gasteiger partial charge is 0.000888 e. The molecule has 2 N–H and O–H groups in total. The summed E-state index contributed by atoms with van der Waals surface area (Å²) in [6.45, 7) is 16.5. The first-order valence-corrected chi connectivity index (χ1v) is 7.81. The molecule has 0 aromatic carbocycles. The zero-order valence-corrected chi connectivity index (χ0v) is 13.2. The van der Waals surface area contributed by atoms with Crippen molar-refractivity contribution in [3.8, 4) is 0 Å². The number of piperidine rings is 1. The molecule has 1 unspecified atom stereocenters. The molecular weight excluding hydrogens is 220 g/mol. The molecular formula is C16H34N2. The third kappa shape index (κ3) is 4.89. The van der Waals surface area contributed by atoms with Gasteiger partial charge < -0.3 is 10.6 Å². The lowest BCUT2D eigenvalue weighted by Crippen LogP contribution is -2.44. The van der Waals surface area contributed by atoms with E-state index in [1.54, 1.807) is 0 Å². The van der Waals surface area contributed by atoms with Crippen molar-refractivity contribution < 1.29 is 0 Å². The van der Waals surface area contributed by atoms with Gasteiger partial charge in [0.05, 0.1) is 0 Å². The van der Waals surface area contributed by atoms with E-state index in [9.17, 15) is 0 Å². The van der Waals surface area contributed by atoms with E-state index in [1.165, 1.54) is 45.3 Å². The van der Waals surface area contributed by atoms with Crippen LogP contribution in [-0.2, 0) is 0 Å². The second kappa shape index (κ2) is 6.91. The van der Waals surface area contributed by atoms with E-state index in [0.29, 0.717) is 10.8 Å². The van der Waals surface area contributed by atoms with Crippen molar-refractivity contribution in [2.75, 3.05) is 26.2 Å². The van der Waals surface area contributed by atoms with Crippen molar-refractivity contribution in [3.05, 3.63) is 0 Å². The maximum Gasteiger partial charge on any atom is 0.000888 e. The molecule has 0 radical (unpaired) electrons. The first-order valence-electron chi connectivity index (χ1n) is 7.81. The van der Waals surface area contributed by atoms with Crippen LogP contribution < -0.4 is 10.6 Å². The van der Waals surface area contributed by atoms with Crippen molar-refractivity contribution in [2.45, 2.75) is 60.3 Å². The summed E-state index contributed by atoms with van der Waals surface area (Å²) in [5.74, 6) is 0.734. The lowest BCUT2D eigenvalue weighted by atomic mass is 9.75. The van der Waals surface area contributed by atoms with Gasteiger partial charge in [0.1, 0.15) is 0 Å². The van der Waals surface area contributed by atoms with Crippen LogP contribution in [0, 0.1) is 16.7 Å². The predicted molar refractivity (Wildman–Crippen MR) is 80.9 cm³/mol. The van der Waals surface area contributed by atoms with E-state index in [2.05, 4.69) is 45.3 Å². The highest BCUT2D eigenvalue weighted by atomic mass is 14.9. The Bertz CT molecular complexity index is 218. The van der Waals surface area contributed by atoms with Crippen LogP contribution in [0.2, 0.25) is 0 Å². The van der Waals surface area contributed by atoms with Gasteiger partial charge >= 0.3 is 0 Å². The van der Waals surface area contributed by atoms with Gasteiger partial charge in [-0.3, -0.25) is 0 Å². The number of hydrogen-bond acceptors (Lipinski definition) is 2. The molecule has 108 valence electrons. The van der Waals surface area contributed by atoms with Crippen LogP contribution in [-0.4, -0.2) is 26.2 Å². The first-order chi connectivity index (χ1) is 8.40. The van der Waals surface area contributed by atoms with Crippen LogP contribution in [0.5, 0.6) is 0 Å². The van der Waals surface area contributed by atoms with Crippen LogP contribution in [0.3, 0.4) is 0 Å². The van der Waals surface area contributed by atoms with Gasteiger partial charge in [-0.2, -0.15) is 0 Å². The van der Waals surface area contributed by atoms with Crippen molar-refractivity contribution >= 4 is 0 Å². The van der Waals surface area contributed by atoms with Gasteiger partial charge in [0.25, 0.3) is 0 Å². The summed E-state index contributed by atoms with van der Waals surface area (Å²) < 4.78 is 0. The molecule has 1 rings (SSSR count). The zero-order valence-electron chi connectivity index (χ0n) is 13.2. The second-order valence-corrected chi connectivity index (χ2v) is 7.40. The fraction of sp³-hybridized carbons (Fsp3) is 1.00. The van der Waals surface area contributed by atoms with Crippen molar-refractivity contribution in [3.63, 3.8) is 0 Å². The van der Waals surface area contributed by atoms with Gasteiger partial charge in [0.2, 0.25) is 0 Å². The van der Waals surface area contributed by atoms with Crippen molar-refractivity contribution in [1.82, 2.24) is 10.6 Å². The molecule has 1 heterocycles. The minimum atomic E-state index is 0.416. The molecule has 0 aromatic rings. The highest BCUT2D eigenvalue weighted by molar-refractivity contribution is 4.86. The van der Waals surface area contributed by atoms with E-state index in [-0.39, 0.29) is 0 Å². The number of nitrogens with one attached hydrogen (secondary N) is 2. The van der Waals surface area contributed by atoms with Crippen molar-refractivity contribution in [2.24, 2.45) is 16.7 Å². The molecule has 1 aliphatic heterocycles. The van der Waals surface area contributed by atoms with Gasteiger partial charge in [-0.25, -0.2) is 0 Å². The van der Waals surface area contributed by atoms with E-state index in [0.717, 1.165) is 12.5 Å². The third-order valence-electron chi connectivity index (χ3n) is 4.87. The molecule has 18 heavy (non-hydrogen) atoms. The Hall–Kier alpha value is -0.0800. The summed E-state index contributed by atoms with van der Waals surface area (Å²) in [6.07, 6.45) is 5.39. The Morgan fingerprint density at radius 2 is 1.83 bits per heavy atom. The Morgan fingerprint density at radius 1 is 1.22 bits per heavy atom. The summed E-state index contributed by atoms with van der Waals surface area (Å²) in [5.41, 5.74) is 0.983. The van der Waals surface area contributed by atoms with Gasteiger partial charge in [-0.1, -0.05) is 41.0 Å². The molecule has 1 aliphatic rings. The Balaban J connectivity index is 2.38. The topological polar surface area (TPSA) is 24.1 Å². The maximum atomic E-state index is 3.76. The molecule has 1 fully saturated rings. The molecule has 0 aliphatic carbocycles. The minimum absolute atomic E-state index is 0.416. The number of rotatable bonds is 6. The van der Waals surface area contributed by atoms with Gasteiger partial charge in [0.15, 0.2) is 0 Å². The average molecular weight is 254 g/mol. The van der Waals surface area contributed by atoms with Crippen LogP contribution in [0.4, 0.5) is 0 Å². The highest BCUT2D eigenvalue weighted by Gasteiger charge is 2.31. The summed E-state index contributed by atoms with van der Waals surface area (Å²) in [6, 6.07) is 0. The van der Waals surface area contributed by atoms with E-state index >= 15 is 0 Å². The Morgan fingerprint density at radius 3 is 2.33 bits per heavy atom. The molecule has 0 amide bonds. The highest BCUT2D eigenvalue weighted by Crippen LogP contribution is 2.33. The van der Waals surface area contributed by atoms with E-state index in [1.807, 2.05) is 0 Å². The molecule has 2 nitrogen and oxygen atoms in total. The van der Waals surface area contributed by atoms with E-state index < -0.39 is 0 Å². The zero-order chi connectivity index (χ0) is 13.6. The molecule has 1 saturated heterocycles. The third-order valence-corrected chi connectivity index (χ3v) is 4.87. The Labute approximate surface area is 114 Å². The van der Waals surface area contributed by atoms with E-state index in [4.69, 9.17) is 0 Å². The summed E-state index contributed by atoms with van der Waals surface area (Å²) in [4.78, 5) is 0. The van der Waals surface area contributed by atoms with Crippen LogP contribution >= 0.6 is 0 Å². The molecule has 1 atom stereocenters. The standard InChI is InChI=1S/C16H34N2/c1-6-7-16(8-10-17-11-9-16)13-18-12-14(2)15(3,4)5/h14,17-18H,6-13H2,1-5H3. The minimum Gasteiger partial charge on any atom is -0.317 e. The van der Waals surface area contributed by atoms with Crippen LogP contribution in [0.15, 0.2) is 0 Å². The van der Waals surface area contributed by atoms with Crippen molar-refractivity contribution in [1.29, 1.82) is 0 Å². The molecule has 0 saturated carbocycles. The normalized spacial score (nSPS) is 21.8. The molecule has 0 bridgehead atoms. The number of hydrogen-bond donors (Lipinski definition) is 2. The quantitative estimate of drug-likeness (QED) is 0.759. The summed E-state index contributed by atoms with van der Waals surface area (Å²) in [5, 5.41) is 7.25. The monoisotopic (exact) mass is 254 g/mol. The van der Waals surface area contributed by atoms with Gasteiger partial charge in [-0.05, 0) is 55.6 Å².